The van der Waals surface area contributed by atoms with Gasteiger partial charge in [0.1, 0.15) is 5.82 Å². The lowest BCUT2D eigenvalue weighted by Gasteiger charge is -2.16. The normalized spacial score (nSPS) is 13.9. The van der Waals surface area contributed by atoms with Gasteiger partial charge in [-0.1, -0.05) is 6.07 Å². The van der Waals surface area contributed by atoms with Crippen LogP contribution in [-0.2, 0) is 6.18 Å². The van der Waals surface area contributed by atoms with E-state index in [2.05, 4.69) is 5.32 Å². The highest BCUT2D eigenvalue weighted by molar-refractivity contribution is 5.29. The molecule has 0 radical (unpaired) electrons. The Labute approximate surface area is 90.4 Å². The van der Waals surface area contributed by atoms with Gasteiger partial charge in [0.25, 0.3) is 0 Å². The first kappa shape index (κ1) is 12.9. The second kappa shape index (κ2) is 4.80. The number of nitrogens with one attached hydrogen (secondary N) is 1. The van der Waals surface area contributed by atoms with Gasteiger partial charge in [-0.15, -0.1) is 0 Å². The molecule has 0 bridgehead atoms. The van der Waals surface area contributed by atoms with Crippen LogP contribution in [0.15, 0.2) is 18.2 Å². The summed E-state index contributed by atoms with van der Waals surface area (Å²) < 4.78 is 50.2. The monoisotopic (exact) mass is 236 g/mol. The van der Waals surface area contributed by atoms with Gasteiger partial charge in [0, 0.05) is 12.6 Å². The van der Waals surface area contributed by atoms with Gasteiger partial charge >= 0.3 is 6.18 Å². The summed E-state index contributed by atoms with van der Waals surface area (Å²) in [4.78, 5) is 0. The summed E-state index contributed by atoms with van der Waals surface area (Å²) in [5, 5.41) is 2.75. The number of benzene rings is 1. The van der Waals surface area contributed by atoms with E-state index < -0.39 is 23.6 Å². The molecule has 90 valence electrons. The van der Waals surface area contributed by atoms with E-state index in [1.165, 1.54) is 6.07 Å². The lowest BCUT2D eigenvalue weighted by molar-refractivity contribution is -0.140. The van der Waals surface area contributed by atoms with Crippen molar-refractivity contribution >= 4 is 0 Å². The molecule has 0 aromatic heterocycles. The maximum Gasteiger partial charge on any atom is 0.419 e. The van der Waals surface area contributed by atoms with Crippen LogP contribution in [-0.4, -0.2) is 13.6 Å². The molecule has 1 atom stereocenters. The third-order valence-electron chi connectivity index (χ3n) is 2.28. The van der Waals surface area contributed by atoms with E-state index >= 15 is 0 Å². The second-order valence-corrected chi connectivity index (χ2v) is 3.31. The van der Waals surface area contributed by atoms with Crippen molar-refractivity contribution in [2.24, 2.45) is 5.73 Å². The molecule has 1 aromatic rings. The van der Waals surface area contributed by atoms with E-state index in [-0.39, 0.29) is 6.54 Å². The molecule has 1 rings (SSSR count). The van der Waals surface area contributed by atoms with E-state index in [1.807, 2.05) is 0 Å². The highest BCUT2D eigenvalue weighted by atomic mass is 19.4. The van der Waals surface area contributed by atoms with Crippen LogP contribution in [0.1, 0.15) is 17.2 Å². The van der Waals surface area contributed by atoms with E-state index in [1.54, 1.807) is 7.05 Å². The van der Waals surface area contributed by atoms with Crippen LogP contribution in [0.3, 0.4) is 0 Å². The van der Waals surface area contributed by atoms with E-state index in [0.717, 1.165) is 12.1 Å². The number of hydrogen-bond acceptors (Lipinski definition) is 2. The van der Waals surface area contributed by atoms with Gasteiger partial charge in [0.2, 0.25) is 0 Å². The molecule has 3 N–H and O–H groups in total. The lowest BCUT2D eigenvalue weighted by atomic mass is 10.0. The van der Waals surface area contributed by atoms with E-state index in [9.17, 15) is 17.6 Å². The molecular weight excluding hydrogens is 224 g/mol. The van der Waals surface area contributed by atoms with Gasteiger partial charge in [-0.05, 0) is 24.7 Å². The van der Waals surface area contributed by atoms with Gasteiger partial charge in [-0.3, -0.25) is 0 Å². The fourth-order valence-corrected chi connectivity index (χ4v) is 1.40. The molecule has 0 aliphatic rings. The van der Waals surface area contributed by atoms with Gasteiger partial charge in [0.05, 0.1) is 5.56 Å². The number of rotatable bonds is 3. The standard InChI is InChI=1S/C10H12F4N2/c1-16-9(5-15)6-2-3-8(11)7(4-6)10(12,13)14/h2-4,9,16H,5,15H2,1H3. The third-order valence-corrected chi connectivity index (χ3v) is 2.28. The lowest BCUT2D eigenvalue weighted by Crippen LogP contribution is -2.25. The Morgan fingerprint density at radius 1 is 1.38 bits per heavy atom. The summed E-state index contributed by atoms with van der Waals surface area (Å²) in [6.45, 7) is 0.138. The van der Waals surface area contributed by atoms with Crippen LogP contribution >= 0.6 is 0 Å². The number of nitrogens with two attached hydrogens (primary N) is 1. The van der Waals surface area contributed by atoms with Gasteiger partial charge in [-0.25, -0.2) is 4.39 Å². The van der Waals surface area contributed by atoms with Crippen molar-refractivity contribution < 1.29 is 17.6 Å². The first-order valence-electron chi connectivity index (χ1n) is 4.64. The number of halogens is 4. The Morgan fingerprint density at radius 3 is 2.44 bits per heavy atom. The highest BCUT2D eigenvalue weighted by Gasteiger charge is 2.34. The zero-order valence-electron chi connectivity index (χ0n) is 8.61. The Kier molecular flexibility index (Phi) is 3.88. The highest BCUT2D eigenvalue weighted by Crippen LogP contribution is 2.32. The molecule has 0 fully saturated rings. The molecule has 6 heteroatoms. The molecule has 16 heavy (non-hydrogen) atoms. The largest absolute Gasteiger partial charge is 0.419 e. The van der Waals surface area contributed by atoms with Crippen molar-refractivity contribution in [2.45, 2.75) is 12.2 Å². The minimum absolute atomic E-state index is 0.138. The zero-order valence-corrected chi connectivity index (χ0v) is 8.61. The summed E-state index contributed by atoms with van der Waals surface area (Å²) in [6, 6.07) is 2.46. The van der Waals surface area contributed by atoms with Crippen LogP contribution in [0, 0.1) is 5.82 Å². The van der Waals surface area contributed by atoms with Crippen molar-refractivity contribution in [3.8, 4) is 0 Å². The van der Waals surface area contributed by atoms with Crippen LogP contribution in [0.5, 0.6) is 0 Å². The van der Waals surface area contributed by atoms with Gasteiger partial charge < -0.3 is 11.1 Å². The Bertz CT molecular complexity index is 358. The number of alkyl halides is 3. The molecule has 0 amide bonds. The van der Waals surface area contributed by atoms with Crippen LogP contribution < -0.4 is 11.1 Å². The average molecular weight is 236 g/mol. The van der Waals surface area contributed by atoms with Crippen LogP contribution in [0.4, 0.5) is 17.6 Å². The molecule has 0 aliphatic heterocycles. The smallest absolute Gasteiger partial charge is 0.329 e. The minimum atomic E-state index is -4.69. The first-order valence-corrected chi connectivity index (χ1v) is 4.64. The topological polar surface area (TPSA) is 38.0 Å². The number of hydrogen-bond donors (Lipinski definition) is 2. The molecule has 1 aromatic carbocycles. The Hall–Kier alpha value is -1.14. The van der Waals surface area contributed by atoms with Crippen LogP contribution in [0.2, 0.25) is 0 Å². The molecule has 0 saturated carbocycles. The van der Waals surface area contributed by atoms with E-state index in [0.29, 0.717) is 5.56 Å². The fraction of sp³-hybridized carbons (Fsp3) is 0.400. The van der Waals surface area contributed by atoms with Crippen molar-refractivity contribution in [1.82, 2.24) is 5.32 Å². The summed E-state index contributed by atoms with van der Waals surface area (Å²) >= 11 is 0. The van der Waals surface area contributed by atoms with E-state index in [4.69, 9.17) is 5.73 Å². The Morgan fingerprint density at radius 2 is 2.00 bits per heavy atom. The molecule has 1 unspecified atom stereocenters. The molecular formula is C10H12F4N2. The van der Waals surface area contributed by atoms with Gasteiger partial charge in [-0.2, -0.15) is 13.2 Å². The summed E-state index contributed by atoms with van der Waals surface area (Å²) in [6.07, 6.45) is -4.69. The minimum Gasteiger partial charge on any atom is -0.329 e. The molecule has 0 spiro atoms. The third kappa shape index (κ3) is 2.70. The predicted molar refractivity (Wildman–Crippen MR) is 52.3 cm³/mol. The predicted octanol–water partition coefficient (Wildman–Crippen LogP) is 2.06. The maximum atomic E-state index is 13.0. The summed E-state index contributed by atoms with van der Waals surface area (Å²) in [5.41, 5.74) is 4.43. The van der Waals surface area contributed by atoms with Crippen LogP contribution in [0.25, 0.3) is 0 Å². The van der Waals surface area contributed by atoms with Crippen molar-refractivity contribution in [2.75, 3.05) is 13.6 Å². The maximum absolute atomic E-state index is 13.0. The van der Waals surface area contributed by atoms with Crippen molar-refractivity contribution in [3.05, 3.63) is 35.1 Å². The van der Waals surface area contributed by atoms with Gasteiger partial charge in [0.15, 0.2) is 0 Å². The summed E-state index contributed by atoms with van der Waals surface area (Å²) in [5.74, 6) is -1.27. The summed E-state index contributed by atoms with van der Waals surface area (Å²) in [7, 11) is 1.58. The number of likely N-dealkylation sites (N-methyl/N-ethyl adjacent to an activating group) is 1. The molecule has 0 saturated heterocycles. The first-order chi connectivity index (χ1) is 7.40. The average Bonchev–Trinajstić information content (AvgIpc) is 2.20. The SMILES string of the molecule is CNC(CN)c1ccc(F)c(C(F)(F)F)c1. The quantitative estimate of drug-likeness (QED) is 0.788. The fourth-order valence-electron chi connectivity index (χ4n) is 1.40. The molecule has 0 aliphatic carbocycles. The zero-order chi connectivity index (χ0) is 12.3. The second-order valence-electron chi connectivity index (χ2n) is 3.31. The molecule has 2 nitrogen and oxygen atoms in total. The molecule has 0 heterocycles. The van der Waals surface area contributed by atoms with Crippen molar-refractivity contribution in [3.63, 3.8) is 0 Å². The Balaban J connectivity index is 3.17. The van der Waals surface area contributed by atoms with Crippen molar-refractivity contribution in [1.29, 1.82) is 0 Å².